The Kier molecular flexibility index (Phi) is 5.97. The summed E-state index contributed by atoms with van der Waals surface area (Å²) >= 11 is 12.5. The topological polar surface area (TPSA) is 69.6 Å². The number of amides is 1. The summed E-state index contributed by atoms with van der Waals surface area (Å²) < 4.78 is 12.5. The normalized spacial score (nSPS) is 18.3. The van der Waals surface area contributed by atoms with E-state index in [1.54, 1.807) is 35.8 Å². The molecule has 3 aromatic rings. The number of ether oxygens (including phenoxy) is 2. The number of nitrogens with zero attached hydrogens (tertiary/aromatic N) is 1. The number of aromatic nitrogens is 1. The minimum Gasteiger partial charge on any atom is -0.462 e. The molecule has 1 aromatic heterocycles. The molecule has 1 aliphatic rings. The van der Waals surface area contributed by atoms with Crippen molar-refractivity contribution in [2.75, 3.05) is 19.8 Å². The number of aryl methyl sites for hydroxylation is 1. The molecule has 0 bridgehead atoms. The van der Waals surface area contributed by atoms with E-state index in [0.717, 1.165) is 16.5 Å². The van der Waals surface area contributed by atoms with Crippen molar-refractivity contribution in [3.8, 4) is 0 Å². The summed E-state index contributed by atoms with van der Waals surface area (Å²) in [5.74, 6) is -0.619. The van der Waals surface area contributed by atoms with Crippen molar-refractivity contribution in [3.63, 3.8) is 0 Å². The summed E-state index contributed by atoms with van der Waals surface area (Å²) in [6.45, 7) is 2.94. The van der Waals surface area contributed by atoms with Crippen LogP contribution in [0, 0.1) is 0 Å². The summed E-state index contributed by atoms with van der Waals surface area (Å²) in [7, 11) is 1.81. The molecule has 2 aromatic carbocycles. The number of hydrogen-bond donors (Lipinski definition) is 1. The molecule has 1 saturated heterocycles. The van der Waals surface area contributed by atoms with Gasteiger partial charge >= 0.3 is 5.97 Å². The Hall–Kier alpha value is -2.54. The van der Waals surface area contributed by atoms with E-state index in [0.29, 0.717) is 47.5 Å². The van der Waals surface area contributed by atoms with Gasteiger partial charge in [-0.25, -0.2) is 4.79 Å². The van der Waals surface area contributed by atoms with Crippen LogP contribution < -0.4 is 5.32 Å². The van der Waals surface area contributed by atoms with Crippen LogP contribution in [0.15, 0.2) is 42.5 Å². The first-order valence-corrected chi connectivity index (χ1v) is 10.7. The predicted octanol–water partition coefficient (Wildman–Crippen LogP) is 4.71. The third-order valence-corrected chi connectivity index (χ3v) is 6.49. The first kappa shape index (κ1) is 21.7. The number of esters is 1. The highest BCUT2D eigenvalue weighted by Crippen LogP contribution is 2.34. The number of benzene rings is 2. The number of carbonyl (C=O) groups excluding carboxylic acids is 2. The Labute approximate surface area is 190 Å². The maximum absolute atomic E-state index is 13.3. The van der Waals surface area contributed by atoms with Gasteiger partial charge < -0.3 is 19.4 Å². The highest BCUT2D eigenvalue weighted by molar-refractivity contribution is 6.45. The lowest BCUT2D eigenvalue weighted by atomic mass is 9.88. The van der Waals surface area contributed by atoms with Gasteiger partial charge in [-0.1, -0.05) is 35.3 Å². The maximum atomic E-state index is 13.3. The van der Waals surface area contributed by atoms with Crippen LogP contribution in [0.3, 0.4) is 0 Å². The van der Waals surface area contributed by atoms with E-state index in [-0.39, 0.29) is 11.9 Å². The zero-order chi connectivity index (χ0) is 22.2. The first-order valence-electron chi connectivity index (χ1n) is 9.97. The second-order valence-electron chi connectivity index (χ2n) is 7.52. The third kappa shape index (κ3) is 3.91. The quantitative estimate of drug-likeness (QED) is 0.559. The molecule has 2 heterocycles. The molecule has 0 aliphatic carbocycles. The van der Waals surface area contributed by atoms with E-state index in [1.807, 2.05) is 25.2 Å². The fourth-order valence-corrected chi connectivity index (χ4v) is 4.33. The summed E-state index contributed by atoms with van der Waals surface area (Å²) in [5.41, 5.74) is 1.92. The minimum absolute atomic E-state index is 0.245. The van der Waals surface area contributed by atoms with Gasteiger partial charge in [-0.3, -0.25) is 4.79 Å². The zero-order valence-corrected chi connectivity index (χ0v) is 18.7. The molecule has 1 N–H and O–H groups in total. The molecule has 6 nitrogen and oxygen atoms in total. The Bertz CT molecular complexity index is 1150. The smallest absolute Gasteiger partial charge is 0.338 e. The summed E-state index contributed by atoms with van der Waals surface area (Å²) in [6, 6.07) is 12.4. The number of fused-ring (bicyclic) bond motifs is 1. The molecular weight excluding hydrogens is 439 g/mol. The van der Waals surface area contributed by atoms with Gasteiger partial charge in [0.05, 0.1) is 34.4 Å². The van der Waals surface area contributed by atoms with Gasteiger partial charge in [-0.2, -0.15) is 0 Å². The highest BCUT2D eigenvalue weighted by atomic mass is 35.5. The van der Waals surface area contributed by atoms with Crippen LogP contribution in [0.1, 0.15) is 39.8 Å². The Morgan fingerprint density at radius 2 is 1.94 bits per heavy atom. The van der Waals surface area contributed by atoms with E-state index >= 15 is 0 Å². The maximum Gasteiger partial charge on any atom is 0.338 e. The van der Waals surface area contributed by atoms with E-state index < -0.39 is 5.54 Å². The molecule has 0 spiro atoms. The van der Waals surface area contributed by atoms with Crippen LogP contribution in [0.5, 0.6) is 0 Å². The molecule has 8 heteroatoms. The second kappa shape index (κ2) is 8.54. The van der Waals surface area contributed by atoms with Crippen LogP contribution in [0.2, 0.25) is 10.0 Å². The molecule has 1 unspecified atom stereocenters. The van der Waals surface area contributed by atoms with Crippen molar-refractivity contribution >= 4 is 46.0 Å². The van der Waals surface area contributed by atoms with Gasteiger partial charge in [0.15, 0.2) is 0 Å². The summed E-state index contributed by atoms with van der Waals surface area (Å²) in [5, 5.41) is 4.74. The number of rotatable bonds is 5. The number of nitrogens with one attached hydrogen (secondary N) is 1. The van der Waals surface area contributed by atoms with Gasteiger partial charge in [-0.15, -0.1) is 0 Å². The zero-order valence-electron chi connectivity index (χ0n) is 17.2. The van der Waals surface area contributed by atoms with Crippen LogP contribution in [0.4, 0.5) is 0 Å². The average Bonchev–Trinajstić information content (AvgIpc) is 3.37. The van der Waals surface area contributed by atoms with Crippen molar-refractivity contribution < 1.29 is 19.1 Å². The Balaban J connectivity index is 1.65. The predicted molar refractivity (Wildman–Crippen MR) is 120 cm³/mol. The van der Waals surface area contributed by atoms with E-state index in [1.165, 1.54) is 0 Å². The largest absolute Gasteiger partial charge is 0.462 e. The van der Waals surface area contributed by atoms with Gasteiger partial charge in [-0.05, 0) is 42.8 Å². The van der Waals surface area contributed by atoms with Crippen molar-refractivity contribution in [1.82, 2.24) is 9.88 Å². The Morgan fingerprint density at radius 3 is 2.58 bits per heavy atom. The van der Waals surface area contributed by atoms with Gasteiger partial charge in [0, 0.05) is 31.0 Å². The fourth-order valence-electron chi connectivity index (χ4n) is 3.95. The first-order chi connectivity index (χ1) is 14.9. The molecular formula is C23H22Cl2N2O4. The number of hydrogen-bond acceptors (Lipinski definition) is 4. The van der Waals surface area contributed by atoms with Crippen LogP contribution in [0.25, 0.3) is 10.9 Å². The lowest BCUT2D eigenvalue weighted by Gasteiger charge is -2.29. The molecule has 4 rings (SSSR count). The molecule has 0 radical (unpaired) electrons. The van der Waals surface area contributed by atoms with Crippen molar-refractivity contribution in [3.05, 3.63) is 69.3 Å². The fraction of sp³-hybridized carbons (Fsp3) is 0.304. The molecule has 1 atom stereocenters. The van der Waals surface area contributed by atoms with Crippen LogP contribution in [-0.4, -0.2) is 36.3 Å². The molecule has 1 fully saturated rings. The van der Waals surface area contributed by atoms with Crippen molar-refractivity contribution in [2.24, 2.45) is 7.05 Å². The monoisotopic (exact) mass is 460 g/mol. The van der Waals surface area contributed by atoms with Gasteiger partial charge in [0.1, 0.15) is 5.69 Å². The molecule has 31 heavy (non-hydrogen) atoms. The lowest BCUT2D eigenvalue weighted by Crippen LogP contribution is -2.47. The SMILES string of the molecule is CCOC(=O)c1ccc(C2(NC(=O)c3cc4c(Cl)c(Cl)ccc4n3C)CCOC2)cc1. The average molecular weight is 461 g/mol. The minimum atomic E-state index is -0.692. The van der Waals surface area contributed by atoms with E-state index in [4.69, 9.17) is 32.7 Å². The lowest BCUT2D eigenvalue weighted by molar-refractivity contribution is 0.0526. The summed E-state index contributed by atoms with van der Waals surface area (Å²) in [4.78, 5) is 25.2. The summed E-state index contributed by atoms with van der Waals surface area (Å²) in [6.07, 6.45) is 0.619. The molecule has 162 valence electrons. The van der Waals surface area contributed by atoms with Crippen LogP contribution in [-0.2, 0) is 22.1 Å². The van der Waals surface area contributed by atoms with Crippen molar-refractivity contribution in [2.45, 2.75) is 18.9 Å². The highest BCUT2D eigenvalue weighted by Gasteiger charge is 2.39. The van der Waals surface area contributed by atoms with E-state index in [2.05, 4.69) is 5.32 Å². The number of halogens is 2. The molecule has 1 aliphatic heterocycles. The van der Waals surface area contributed by atoms with Gasteiger partial charge in [0.2, 0.25) is 0 Å². The van der Waals surface area contributed by atoms with Crippen molar-refractivity contribution in [1.29, 1.82) is 0 Å². The van der Waals surface area contributed by atoms with Crippen LogP contribution >= 0.6 is 23.2 Å². The standard InChI is InChI=1S/C23H22Cl2N2O4/c1-3-31-22(29)14-4-6-15(7-5-14)23(10-11-30-13-23)26-21(28)19-12-16-18(27(19)2)9-8-17(24)20(16)25/h4-9,12H,3,10-11,13H2,1-2H3,(H,26,28). The van der Waals surface area contributed by atoms with E-state index in [9.17, 15) is 9.59 Å². The Morgan fingerprint density at radius 1 is 1.19 bits per heavy atom. The van der Waals surface area contributed by atoms with Gasteiger partial charge in [0.25, 0.3) is 5.91 Å². The molecule has 1 amide bonds. The second-order valence-corrected chi connectivity index (χ2v) is 8.30. The number of carbonyl (C=O) groups is 2. The molecule has 0 saturated carbocycles. The third-order valence-electron chi connectivity index (χ3n) is 5.67.